The molecule has 2 heterocycles. The number of aromatic nitrogens is 3. The Labute approximate surface area is 109 Å². The van der Waals surface area contributed by atoms with Gasteiger partial charge < -0.3 is 0 Å². The number of fused-ring (bicyclic) bond motifs is 1. The molecule has 4 nitrogen and oxygen atoms in total. The molecular formula is C15H11N3O. The van der Waals surface area contributed by atoms with Gasteiger partial charge in [-0.1, -0.05) is 12.1 Å². The molecule has 0 saturated heterocycles. The highest BCUT2D eigenvalue weighted by molar-refractivity contribution is 5.92. The van der Waals surface area contributed by atoms with Gasteiger partial charge in [-0.15, -0.1) is 0 Å². The number of pyridine rings is 1. The zero-order valence-corrected chi connectivity index (χ0v) is 10.1. The number of rotatable bonds is 3. The van der Waals surface area contributed by atoms with Gasteiger partial charge in [-0.25, -0.2) is 0 Å². The molecule has 92 valence electrons. The largest absolute Gasteiger partial charge is 0.298 e. The van der Waals surface area contributed by atoms with E-state index >= 15 is 0 Å². The monoisotopic (exact) mass is 249 g/mol. The molecule has 0 aliphatic carbocycles. The van der Waals surface area contributed by atoms with E-state index in [-0.39, 0.29) is 0 Å². The fourth-order valence-electron chi connectivity index (χ4n) is 1.90. The number of nitrogens with one attached hydrogen (secondary N) is 1. The zero-order chi connectivity index (χ0) is 13.1. The Morgan fingerprint density at radius 1 is 1.11 bits per heavy atom. The SMILES string of the molecule is O=Cc1ccc2c(/C=C/c3ccccn3)n[nH]c2c1. The number of nitrogens with zero attached hydrogens (tertiary/aromatic N) is 2. The van der Waals surface area contributed by atoms with Crippen molar-refractivity contribution in [1.29, 1.82) is 0 Å². The molecular weight excluding hydrogens is 238 g/mol. The Bertz CT molecular complexity index is 744. The van der Waals surface area contributed by atoms with Crippen LogP contribution in [-0.4, -0.2) is 21.5 Å². The third-order valence-corrected chi connectivity index (χ3v) is 2.85. The molecule has 0 radical (unpaired) electrons. The first-order valence-corrected chi connectivity index (χ1v) is 5.89. The summed E-state index contributed by atoms with van der Waals surface area (Å²) in [6.07, 6.45) is 6.38. The number of carbonyl (C=O) groups is 1. The summed E-state index contributed by atoms with van der Waals surface area (Å²) < 4.78 is 0. The summed E-state index contributed by atoms with van der Waals surface area (Å²) in [7, 11) is 0. The maximum absolute atomic E-state index is 10.7. The topological polar surface area (TPSA) is 58.6 Å². The van der Waals surface area contributed by atoms with Gasteiger partial charge in [0.05, 0.1) is 16.9 Å². The van der Waals surface area contributed by atoms with Crippen LogP contribution in [0.3, 0.4) is 0 Å². The van der Waals surface area contributed by atoms with Gasteiger partial charge in [-0.3, -0.25) is 14.9 Å². The summed E-state index contributed by atoms with van der Waals surface area (Å²) in [5.41, 5.74) is 3.20. The van der Waals surface area contributed by atoms with Crippen LogP contribution in [0.1, 0.15) is 21.7 Å². The van der Waals surface area contributed by atoms with Crippen LogP contribution in [-0.2, 0) is 0 Å². The third-order valence-electron chi connectivity index (χ3n) is 2.85. The van der Waals surface area contributed by atoms with Gasteiger partial charge in [0, 0.05) is 17.1 Å². The summed E-state index contributed by atoms with van der Waals surface area (Å²) in [6.45, 7) is 0. The smallest absolute Gasteiger partial charge is 0.150 e. The molecule has 0 saturated carbocycles. The van der Waals surface area contributed by atoms with E-state index < -0.39 is 0 Å². The molecule has 1 N–H and O–H groups in total. The molecule has 0 unspecified atom stereocenters. The fourth-order valence-corrected chi connectivity index (χ4v) is 1.90. The zero-order valence-electron chi connectivity index (χ0n) is 10.1. The van der Waals surface area contributed by atoms with E-state index in [2.05, 4.69) is 15.2 Å². The van der Waals surface area contributed by atoms with E-state index in [1.54, 1.807) is 18.3 Å². The molecule has 2 aromatic heterocycles. The summed E-state index contributed by atoms with van der Waals surface area (Å²) >= 11 is 0. The number of aromatic amines is 1. The molecule has 0 bridgehead atoms. The van der Waals surface area contributed by atoms with Gasteiger partial charge in [0.2, 0.25) is 0 Å². The molecule has 19 heavy (non-hydrogen) atoms. The lowest BCUT2D eigenvalue weighted by molar-refractivity contribution is 0.112. The first-order chi connectivity index (χ1) is 9.36. The van der Waals surface area contributed by atoms with Crippen LogP contribution in [0.25, 0.3) is 23.1 Å². The van der Waals surface area contributed by atoms with Crippen LogP contribution in [0.2, 0.25) is 0 Å². The Morgan fingerprint density at radius 3 is 2.84 bits per heavy atom. The van der Waals surface area contributed by atoms with Crippen LogP contribution in [0.5, 0.6) is 0 Å². The number of H-pyrrole nitrogens is 1. The van der Waals surface area contributed by atoms with Crippen LogP contribution in [0.4, 0.5) is 0 Å². The van der Waals surface area contributed by atoms with Crippen molar-refractivity contribution in [3.8, 4) is 0 Å². The normalized spacial score (nSPS) is 11.2. The van der Waals surface area contributed by atoms with E-state index in [9.17, 15) is 4.79 Å². The van der Waals surface area contributed by atoms with Crippen molar-refractivity contribution in [3.05, 3.63) is 59.5 Å². The molecule has 4 heteroatoms. The molecule has 0 atom stereocenters. The third kappa shape index (κ3) is 2.28. The van der Waals surface area contributed by atoms with Crippen molar-refractivity contribution in [2.75, 3.05) is 0 Å². The second-order valence-electron chi connectivity index (χ2n) is 4.12. The van der Waals surface area contributed by atoms with Gasteiger partial charge in [-0.2, -0.15) is 5.10 Å². The van der Waals surface area contributed by atoms with E-state index in [1.165, 1.54) is 0 Å². The van der Waals surface area contributed by atoms with Crippen molar-refractivity contribution >= 4 is 29.3 Å². The van der Waals surface area contributed by atoms with Crippen molar-refractivity contribution < 1.29 is 4.79 Å². The van der Waals surface area contributed by atoms with E-state index in [0.717, 1.165) is 28.6 Å². The average molecular weight is 249 g/mol. The summed E-state index contributed by atoms with van der Waals surface area (Å²) in [5.74, 6) is 0. The number of hydrogen-bond donors (Lipinski definition) is 1. The lowest BCUT2D eigenvalue weighted by Gasteiger charge is -1.92. The molecule has 0 amide bonds. The van der Waals surface area contributed by atoms with Crippen molar-refractivity contribution in [3.63, 3.8) is 0 Å². The number of carbonyl (C=O) groups excluding carboxylic acids is 1. The van der Waals surface area contributed by atoms with Gasteiger partial charge in [0.25, 0.3) is 0 Å². The van der Waals surface area contributed by atoms with Gasteiger partial charge >= 0.3 is 0 Å². The molecule has 0 aliphatic rings. The first-order valence-electron chi connectivity index (χ1n) is 5.89. The van der Waals surface area contributed by atoms with E-state index in [4.69, 9.17) is 0 Å². The van der Waals surface area contributed by atoms with Gasteiger partial charge in [-0.05, 0) is 36.4 Å². The number of benzene rings is 1. The summed E-state index contributed by atoms with van der Waals surface area (Å²) in [6, 6.07) is 11.2. The van der Waals surface area contributed by atoms with Gasteiger partial charge in [0.1, 0.15) is 6.29 Å². The van der Waals surface area contributed by atoms with Crippen molar-refractivity contribution in [1.82, 2.24) is 15.2 Å². The van der Waals surface area contributed by atoms with Crippen LogP contribution in [0.15, 0.2) is 42.6 Å². The molecule has 0 fully saturated rings. The Kier molecular flexibility index (Phi) is 2.90. The van der Waals surface area contributed by atoms with Crippen molar-refractivity contribution in [2.45, 2.75) is 0 Å². The minimum absolute atomic E-state index is 0.636. The van der Waals surface area contributed by atoms with E-state index in [1.807, 2.05) is 36.4 Å². The summed E-state index contributed by atoms with van der Waals surface area (Å²) in [4.78, 5) is 14.9. The van der Waals surface area contributed by atoms with Gasteiger partial charge in [0.15, 0.2) is 0 Å². The quantitative estimate of drug-likeness (QED) is 0.726. The molecule has 0 spiro atoms. The number of hydrogen-bond acceptors (Lipinski definition) is 3. The fraction of sp³-hybridized carbons (Fsp3) is 0. The van der Waals surface area contributed by atoms with Crippen LogP contribution in [0, 0.1) is 0 Å². The minimum Gasteiger partial charge on any atom is -0.298 e. The Balaban J connectivity index is 1.98. The van der Waals surface area contributed by atoms with Crippen LogP contribution >= 0.6 is 0 Å². The lowest BCUT2D eigenvalue weighted by atomic mass is 10.1. The van der Waals surface area contributed by atoms with Crippen LogP contribution < -0.4 is 0 Å². The average Bonchev–Trinajstić information content (AvgIpc) is 2.88. The second-order valence-corrected chi connectivity index (χ2v) is 4.12. The lowest BCUT2D eigenvalue weighted by Crippen LogP contribution is -1.79. The van der Waals surface area contributed by atoms with Crippen molar-refractivity contribution in [2.24, 2.45) is 0 Å². The molecule has 0 aliphatic heterocycles. The summed E-state index contributed by atoms with van der Waals surface area (Å²) in [5, 5.41) is 8.13. The maximum Gasteiger partial charge on any atom is 0.150 e. The molecule has 1 aromatic carbocycles. The second kappa shape index (κ2) is 4.86. The minimum atomic E-state index is 0.636. The standard InChI is InChI=1S/C15H11N3O/c19-10-11-4-6-13-14(17-18-15(13)9-11)7-5-12-3-1-2-8-16-12/h1-10H,(H,17,18)/b7-5+. The Morgan fingerprint density at radius 2 is 2.05 bits per heavy atom. The molecule has 3 aromatic rings. The number of aldehydes is 1. The van der Waals surface area contributed by atoms with E-state index in [0.29, 0.717) is 5.56 Å². The predicted molar refractivity (Wildman–Crippen MR) is 74.6 cm³/mol. The first kappa shape index (κ1) is 11.3. The highest BCUT2D eigenvalue weighted by Gasteiger charge is 2.03. The Hall–Kier alpha value is -2.75. The highest BCUT2D eigenvalue weighted by Crippen LogP contribution is 2.18. The predicted octanol–water partition coefficient (Wildman–Crippen LogP) is 2.94. The maximum atomic E-state index is 10.7. The molecule has 3 rings (SSSR count). The highest BCUT2D eigenvalue weighted by atomic mass is 16.1.